The van der Waals surface area contributed by atoms with Crippen LogP contribution in [0.15, 0.2) is 33.8 Å². The second-order valence-electron chi connectivity index (χ2n) is 8.21. The largest absolute Gasteiger partial charge is 0.465 e. The fraction of sp³-hybridized carbons (Fsp3) is 0.450. The van der Waals surface area contributed by atoms with Crippen molar-refractivity contribution in [2.24, 2.45) is 5.41 Å². The van der Waals surface area contributed by atoms with Crippen molar-refractivity contribution in [1.29, 1.82) is 0 Å². The molecule has 0 radical (unpaired) electrons. The minimum Gasteiger partial charge on any atom is -0.465 e. The molecule has 1 saturated heterocycles. The number of carbonyl (C=O) groups excluding carboxylic acids is 1. The Morgan fingerprint density at radius 3 is 2.63 bits per heavy atom. The standard InChI is InChI=1S/C20H27N5O4S/c1-20(2,3)16-10-24(7-8-25(16)19(27)28)12-5-6-15(30-4)13(9-12)22-17(26)14-11-29-18(21)23-14/h5-6,9,11,16H,7-8,10H2,1-4H3,(H2,21,23)(H,22,26)(H,27,28). The summed E-state index contributed by atoms with van der Waals surface area (Å²) in [6, 6.07) is 5.63. The van der Waals surface area contributed by atoms with Gasteiger partial charge < -0.3 is 30.4 Å². The second kappa shape index (κ2) is 8.47. The number of piperazine rings is 1. The van der Waals surface area contributed by atoms with Crippen LogP contribution in [0.25, 0.3) is 0 Å². The smallest absolute Gasteiger partial charge is 0.407 e. The highest BCUT2D eigenvalue weighted by Crippen LogP contribution is 2.34. The minimum atomic E-state index is -0.896. The molecule has 4 N–H and O–H groups in total. The summed E-state index contributed by atoms with van der Waals surface area (Å²) in [5.41, 5.74) is 6.92. The van der Waals surface area contributed by atoms with Crippen LogP contribution in [-0.2, 0) is 0 Å². The van der Waals surface area contributed by atoms with Crippen LogP contribution in [0.3, 0.4) is 0 Å². The molecule has 10 heteroatoms. The maximum Gasteiger partial charge on any atom is 0.407 e. The van der Waals surface area contributed by atoms with E-state index >= 15 is 0 Å². The van der Waals surface area contributed by atoms with Gasteiger partial charge in [0.15, 0.2) is 5.69 Å². The van der Waals surface area contributed by atoms with Gasteiger partial charge in [-0.05, 0) is 29.9 Å². The van der Waals surface area contributed by atoms with Gasteiger partial charge in [-0.1, -0.05) is 20.8 Å². The van der Waals surface area contributed by atoms with Crippen LogP contribution in [0.4, 0.5) is 22.2 Å². The lowest BCUT2D eigenvalue weighted by molar-refractivity contribution is 0.0748. The van der Waals surface area contributed by atoms with Gasteiger partial charge in [0.2, 0.25) is 0 Å². The molecule has 1 aliphatic heterocycles. The lowest BCUT2D eigenvalue weighted by Gasteiger charge is -2.46. The molecule has 1 fully saturated rings. The Morgan fingerprint density at radius 1 is 1.33 bits per heavy atom. The number of benzene rings is 1. The third-order valence-electron chi connectivity index (χ3n) is 5.18. The van der Waals surface area contributed by atoms with E-state index in [9.17, 15) is 14.7 Å². The first-order valence-electron chi connectivity index (χ1n) is 9.55. The summed E-state index contributed by atoms with van der Waals surface area (Å²) in [4.78, 5) is 32.6. The summed E-state index contributed by atoms with van der Waals surface area (Å²) in [5, 5.41) is 12.5. The number of aromatic nitrogens is 1. The Kier molecular flexibility index (Phi) is 6.16. The van der Waals surface area contributed by atoms with Crippen LogP contribution in [0.1, 0.15) is 31.3 Å². The van der Waals surface area contributed by atoms with Crippen LogP contribution in [0, 0.1) is 5.41 Å². The highest BCUT2D eigenvalue weighted by Gasteiger charge is 2.38. The maximum absolute atomic E-state index is 12.5. The quantitative estimate of drug-likeness (QED) is 0.626. The second-order valence-corrected chi connectivity index (χ2v) is 9.06. The van der Waals surface area contributed by atoms with Gasteiger partial charge >= 0.3 is 6.09 Å². The van der Waals surface area contributed by atoms with Crippen molar-refractivity contribution in [2.45, 2.75) is 31.7 Å². The third-order valence-corrected chi connectivity index (χ3v) is 5.97. The summed E-state index contributed by atoms with van der Waals surface area (Å²) in [7, 11) is 0. The number of carbonyl (C=O) groups is 2. The molecule has 1 aromatic heterocycles. The van der Waals surface area contributed by atoms with E-state index in [4.69, 9.17) is 10.2 Å². The Morgan fingerprint density at radius 2 is 2.07 bits per heavy atom. The molecule has 1 aromatic carbocycles. The number of nitrogens with one attached hydrogen (secondary N) is 1. The van der Waals surface area contributed by atoms with Crippen LogP contribution in [0.2, 0.25) is 0 Å². The predicted octanol–water partition coefficient (Wildman–Crippen LogP) is 3.45. The van der Waals surface area contributed by atoms with Gasteiger partial charge in [0.25, 0.3) is 11.9 Å². The lowest BCUT2D eigenvalue weighted by Crippen LogP contribution is -2.59. The molecule has 2 aromatic rings. The normalized spacial score (nSPS) is 17.1. The van der Waals surface area contributed by atoms with Crippen molar-refractivity contribution in [3.63, 3.8) is 0 Å². The molecule has 3 rings (SSSR count). The van der Waals surface area contributed by atoms with Crippen molar-refractivity contribution in [2.75, 3.05) is 41.8 Å². The van der Waals surface area contributed by atoms with Crippen LogP contribution in [-0.4, -0.2) is 58.9 Å². The molecular formula is C20H27N5O4S. The van der Waals surface area contributed by atoms with Crippen molar-refractivity contribution in [3.05, 3.63) is 30.2 Å². The van der Waals surface area contributed by atoms with Crippen LogP contribution >= 0.6 is 11.8 Å². The number of nitrogen functional groups attached to an aromatic ring is 1. The zero-order chi connectivity index (χ0) is 22.1. The molecule has 9 nitrogen and oxygen atoms in total. The van der Waals surface area contributed by atoms with Gasteiger partial charge in [-0.3, -0.25) is 4.79 Å². The fourth-order valence-electron chi connectivity index (χ4n) is 3.56. The highest BCUT2D eigenvalue weighted by atomic mass is 32.2. The molecule has 1 unspecified atom stereocenters. The molecule has 0 saturated carbocycles. The van der Waals surface area contributed by atoms with Crippen molar-refractivity contribution >= 4 is 41.2 Å². The zero-order valence-corrected chi connectivity index (χ0v) is 18.3. The van der Waals surface area contributed by atoms with E-state index in [1.54, 1.807) is 0 Å². The first-order chi connectivity index (χ1) is 14.1. The van der Waals surface area contributed by atoms with Gasteiger partial charge in [-0.2, -0.15) is 4.98 Å². The Labute approximate surface area is 179 Å². The highest BCUT2D eigenvalue weighted by molar-refractivity contribution is 7.98. The number of anilines is 3. The number of hydrogen-bond donors (Lipinski definition) is 3. The van der Waals surface area contributed by atoms with Gasteiger partial charge in [0.1, 0.15) is 6.26 Å². The molecule has 1 aliphatic rings. The summed E-state index contributed by atoms with van der Waals surface area (Å²) in [6.07, 6.45) is 2.25. The predicted molar refractivity (Wildman–Crippen MR) is 117 cm³/mol. The summed E-state index contributed by atoms with van der Waals surface area (Å²) in [5.74, 6) is -0.411. The van der Waals surface area contributed by atoms with Gasteiger partial charge in [0, 0.05) is 30.2 Å². The van der Waals surface area contributed by atoms with E-state index in [0.29, 0.717) is 25.3 Å². The summed E-state index contributed by atoms with van der Waals surface area (Å²) in [6.45, 7) is 7.70. The third kappa shape index (κ3) is 4.64. The molecule has 162 valence electrons. The zero-order valence-electron chi connectivity index (χ0n) is 17.5. The van der Waals surface area contributed by atoms with E-state index in [1.165, 1.54) is 22.9 Å². The molecule has 2 amide bonds. The number of oxazole rings is 1. The van der Waals surface area contributed by atoms with Crippen molar-refractivity contribution < 1.29 is 19.1 Å². The number of amides is 2. The van der Waals surface area contributed by atoms with Crippen LogP contribution < -0.4 is 16.0 Å². The Balaban J connectivity index is 1.85. The first-order valence-corrected chi connectivity index (χ1v) is 10.8. The van der Waals surface area contributed by atoms with Gasteiger partial charge in [0.05, 0.1) is 11.7 Å². The van der Waals surface area contributed by atoms with Gasteiger partial charge in [-0.25, -0.2) is 4.79 Å². The molecular weight excluding hydrogens is 406 g/mol. The number of thioether (sulfide) groups is 1. The number of nitrogens with two attached hydrogens (primary N) is 1. The molecule has 30 heavy (non-hydrogen) atoms. The minimum absolute atomic E-state index is 0.0662. The number of rotatable bonds is 4. The summed E-state index contributed by atoms with van der Waals surface area (Å²) >= 11 is 1.51. The van der Waals surface area contributed by atoms with Crippen molar-refractivity contribution in [3.8, 4) is 0 Å². The average Bonchev–Trinajstić information content (AvgIpc) is 3.13. The maximum atomic E-state index is 12.5. The van der Waals surface area contributed by atoms with E-state index in [1.807, 2.05) is 45.2 Å². The lowest BCUT2D eigenvalue weighted by atomic mass is 9.84. The SMILES string of the molecule is CSc1ccc(N2CCN(C(=O)O)C(C(C)(C)C)C2)cc1NC(=O)c1coc(N)n1. The van der Waals surface area contributed by atoms with Crippen molar-refractivity contribution in [1.82, 2.24) is 9.88 Å². The monoisotopic (exact) mass is 433 g/mol. The fourth-order valence-corrected chi connectivity index (χ4v) is 4.09. The number of carboxylic acid groups (broad SMARTS) is 1. The Hall–Kier alpha value is -2.88. The first kappa shape index (κ1) is 21.8. The number of nitrogens with zero attached hydrogens (tertiary/aromatic N) is 3. The Bertz CT molecular complexity index is 940. The van der Waals surface area contributed by atoms with E-state index in [-0.39, 0.29) is 23.2 Å². The van der Waals surface area contributed by atoms with Gasteiger partial charge in [-0.15, -0.1) is 11.8 Å². The van der Waals surface area contributed by atoms with Crippen LogP contribution in [0.5, 0.6) is 0 Å². The molecule has 0 spiro atoms. The molecule has 0 bridgehead atoms. The summed E-state index contributed by atoms with van der Waals surface area (Å²) < 4.78 is 4.91. The van der Waals surface area contributed by atoms with E-state index in [0.717, 1.165) is 10.6 Å². The number of hydrogen-bond acceptors (Lipinski definition) is 7. The average molecular weight is 434 g/mol. The molecule has 0 aliphatic carbocycles. The molecule has 2 heterocycles. The van der Waals surface area contributed by atoms with E-state index in [2.05, 4.69) is 15.2 Å². The van der Waals surface area contributed by atoms with E-state index < -0.39 is 12.0 Å². The topological polar surface area (TPSA) is 125 Å². The molecule has 1 atom stereocenters.